The van der Waals surface area contributed by atoms with Crippen molar-refractivity contribution in [2.24, 2.45) is 0 Å². The Kier molecular flexibility index (Phi) is 7.71. The number of amides is 1. The van der Waals surface area contributed by atoms with E-state index in [0.717, 1.165) is 37.7 Å². The van der Waals surface area contributed by atoms with Gasteiger partial charge in [0.25, 0.3) is 0 Å². The Labute approximate surface area is 116 Å². The Morgan fingerprint density at radius 1 is 1.16 bits per heavy atom. The molecule has 0 saturated heterocycles. The summed E-state index contributed by atoms with van der Waals surface area (Å²) in [6, 6.07) is 9.98. The van der Waals surface area contributed by atoms with Crippen LogP contribution in [-0.4, -0.2) is 12.1 Å². The van der Waals surface area contributed by atoms with Crippen molar-refractivity contribution < 1.29 is 9.53 Å². The van der Waals surface area contributed by atoms with Gasteiger partial charge in [-0.1, -0.05) is 63.4 Å². The van der Waals surface area contributed by atoms with Crippen LogP contribution in [0, 0.1) is 0 Å². The van der Waals surface area contributed by atoms with E-state index in [1.165, 1.54) is 0 Å². The minimum absolute atomic E-state index is 0.244. The summed E-state index contributed by atoms with van der Waals surface area (Å²) in [6.07, 6.45) is 5.11. The number of hydrogen-bond donors (Lipinski definition) is 1. The van der Waals surface area contributed by atoms with Gasteiger partial charge >= 0.3 is 6.09 Å². The summed E-state index contributed by atoms with van der Waals surface area (Å²) in [6.45, 7) is 4.63. The van der Waals surface area contributed by atoms with E-state index in [-0.39, 0.29) is 12.1 Å². The zero-order valence-corrected chi connectivity index (χ0v) is 12.0. The Bertz CT molecular complexity index is 351. The average molecular weight is 263 g/mol. The van der Waals surface area contributed by atoms with Gasteiger partial charge in [0.2, 0.25) is 0 Å². The number of hydrogen-bond acceptors (Lipinski definition) is 2. The fourth-order valence-corrected chi connectivity index (χ4v) is 2.02. The zero-order valence-electron chi connectivity index (χ0n) is 12.0. The van der Waals surface area contributed by atoms with Crippen molar-refractivity contribution in [2.45, 2.75) is 58.6 Å². The molecular weight excluding hydrogens is 238 g/mol. The highest BCUT2D eigenvalue weighted by Crippen LogP contribution is 2.07. The van der Waals surface area contributed by atoms with Crippen LogP contribution in [0.4, 0.5) is 4.79 Å². The van der Waals surface area contributed by atoms with E-state index in [1.54, 1.807) is 0 Å². The van der Waals surface area contributed by atoms with Crippen LogP contribution in [0.15, 0.2) is 30.3 Å². The topological polar surface area (TPSA) is 38.3 Å². The van der Waals surface area contributed by atoms with Gasteiger partial charge in [0.15, 0.2) is 0 Å². The predicted molar refractivity (Wildman–Crippen MR) is 78.0 cm³/mol. The molecule has 19 heavy (non-hydrogen) atoms. The van der Waals surface area contributed by atoms with Crippen molar-refractivity contribution in [1.82, 2.24) is 5.32 Å². The van der Waals surface area contributed by atoms with E-state index >= 15 is 0 Å². The lowest BCUT2D eigenvalue weighted by molar-refractivity contribution is 0.134. The number of carbonyl (C=O) groups excluding carboxylic acids is 1. The molecular formula is C16H25NO2. The molecule has 0 bridgehead atoms. The molecule has 1 aromatic carbocycles. The van der Waals surface area contributed by atoms with E-state index in [4.69, 9.17) is 4.74 Å². The molecule has 0 spiro atoms. The Morgan fingerprint density at radius 3 is 2.53 bits per heavy atom. The smallest absolute Gasteiger partial charge is 0.407 e. The monoisotopic (exact) mass is 263 g/mol. The third-order valence-corrected chi connectivity index (χ3v) is 3.08. The van der Waals surface area contributed by atoms with Gasteiger partial charge in [-0.3, -0.25) is 0 Å². The molecule has 0 fully saturated rings. The molecule has 0 aliphatic heterocycles. The van der Waals surface area contributed by atoms with Crippen molar-refractivity contribution in [3.63, 3.8) is 0 Å². The first-order valence-corrected chi connectivity index (χ1v) is 7.23. The van der Waals surface area contributed by atoms with Gasteiger partial charge in [0.05, 0.1) is 0 Å². The molecule has 0 aliphatic rings. The van der Waals surface area contributed by atoms with Gasteiger partial charge in [-0.25, -0.2) is 4.79 Å². The standard InChI is InChI=1S/C16H25NO2/c1-3-5-12-15(9-4-2)17-16(18)19-13-14-10-7-6-8-11-14/h6-8,10-11,15H,3-5,9,12-13H2,1-2H3,(H,17,18). The summed E-state index contributed by atoms with van der Waals surface area (Å²) in [5, 5.41) is 2.96. The number of nitrogens with one attached hydrogen (secondary N) is 1. The minimum Gasteiger partial charge on any atom is -0.445 e. The lowest BCUT2D eigenvalue weighted by atomic mass is 10.1. The van der Waals surface area contributed by atoms with Gasteiger partial charge in [-0.2, -0.15) is 0 Å². The van der Waals surface area contributed by atoms with Crippen LogP contribution < -0.4 is 5.32 Å². The summed E-state index contributed by atoms with van der Waals surface area (Å²) in [7, 11) is 0. The third-order valence-electron chi connectivity index (χ3n) is 3.08. The zero-order chi connectivity index (χ0) is 13.9. The highest BCUT2D eigenvalue weighted by molar-refractivity contribution is 5.67. The van der Waals surface area contributed by atoms with E-state index in [0.29, 0.717) is 6.61 Å². The molecule has 0 saturated carbocycles. The Morgan fingerprint density at radius 2 is 1.89 bits per heavy atom. The second-order valence-electron chi connectivity index (χ2n) is 4.83. The lowest BCUT2D eigenvalue weighted by Crippen LogP contribution is -2.35. The quantitative estimate of drug-likeness (QED) is 0.760. The molecule has 1 atom stereocenters. The van der Waals surface area contributed by atoms with Gasteiger partial charge in [-0.05, 0) is 18.4 Å². The van der Waals surface area contributed by atoms with Crippen LogP contribution in [0.5, 0.6) is 0 Å². The van der Waals surface area contributed by atoms with E-state index in [2.05, 4.69) is 19.2 Å². The lowest BCUT2D eigenvalue weighted by Gasteiger charge is -2.17. The van der Waals surface area contributed by atoms with Gasteiger partial charge < -0.3 is 10.1 Å². The first kappa shape index (κ1) is 15.5. The number of benzene rings is 1. The summed E-state index contributed by atoms with van der Waals surface area (Å²) in [5.74, 6) is 0. The molecule has 1 N–H and O–H groups in total. The molecule has 0 aromatic heterocycles. The fourth-order valence-electron chi connectivity index (χ4n) is 2.02. The number of alkyl carbamates (subject to hydrolysis) is 1. The maximum absolute atomic E-state index is 11.7. The highest BCUT2D eigenvalue weighted by atomic mass is 16.5. The van der Waals surface area contributed by atoms with Crippen LogP contribution in [0.25, 0.3) is 0 Å². The summed E-state index contributed by atoms with van der Waals surface area (Å²) >= 11 is 0. The largest absolute Gasteiger partial charge is 0.445 e. The molecule has 0 heterocycles. The molecule has 1 amide bonds. The normalized spacial score (nSPS) is 11.9. The predicted octanol–water partition coefficient (Wildman–Crippen LogP) is 4.27. The fraction of sp³-hybridized carbons (Fsp3) is 0.562. The van der Waals surface area contributed by atoms with Crippen LogP contribution in [0.2, 0.25) is 0 Å². The highest BCUT2D eigenvalue weighted by Gasteiger charge is 2.11. The minimum atomic E-state index is -0.307. The van der Waals surface area contributed by atoms with Crippen LogP contribution in [0.1, 0.15) is 51.5 Å². The molecule has 0 radical (unpaired) electrons. The van der Waals surface area contributed by atoms with E-state index in [1.807, 2.05) is 30.3 Å². The Hall–Kier alpha value is -1.51. The second kappa shape index (κ2) is 9.42. The van der Waals surface area contributed by atoms with Crippen molar-refractivity contribution in [1.29, 1.82) is 0 Å². The third kappa shape index (κ3) is 6.85. The molecule has 3 heteroatoms. The van der Waals surface area contributed by atoms with Crippen molar-refractivity contribution in [3.8, 4) is 0 Å². The molecule has 3 nitrogen and oxygen atoms in total. The molecule has 1 unspecified atom stereocenters. The first-order chi connectivity index (χ1) is 9.26. The maximum Gasteiger partial charge on any atom is 0.407 e. The second-order valence-corrected chi connectivity index (χ2v) is 4.83. The number of rotatable bonds is 8. The Balaban J connectivity index is 2.31. The molecule has 1 aromatic rings. The van der Waals surface area contributed by atoms with E-state index in [9.17, 15) is 4.79 Å². The summed E-state index contributed by atoms with van der Waals surface area (Å²) in [4.78, 5) is 11.7. The van der Waals surface area contributed by atoms with Crippen LogP contribution >= 0.6 is 0 Å². The summed E-state index contributed by atoms with van der Waals surface area (Å²) < 4.78 is 5.23. The number of carbonyl (C=O) groups is 1. The number of unbranched alkanes of at least 4 members (excludes halogenated alkanes) is 1. The van der Waals surface area contributed by atoms with E-state index < -0.39 is 0 Å². The maximum atomic E-state index is 11.7. The first-order valence-electron chi connectivity index (χ1n) is 7.23. The van der Waals surface area contributed by atoms with Crippen molar-refractivity contribution in [2.75, 3.05) is 0 Å². The molecule has 1 rings (SSSR count). The van der Waals surface area contributed by atoms with Gasteiger partial charge in [0, 0.05) is 6.04 Å². The number of ether oxygens (including phenoxy) is 1. The van der Waals surface area contributed by atoms with Crippen LogP contribution in [0.3, 0.4) is 0 Å². The SMILES string of the molecule is CCCCC(CCC)NC(=O)OCc1ccccc1. The van der Waals surface area contributed by atoms with Crippen LogP contribution in [-0.2, 0) is 11.3 Å². The van der Waals surface area contributed by atoms with Gasteiger partial charge in [0.1, 0.15) is 6.61 Å². The average Bonchev–Trinajstić information content (AvgIpc) is 2.44. The summed E-state index contributed by atoms with van der Waals surface area (Å²) in [5.41, 5.74) is 1.01. The van der Waals surface area contributed by atoms with Crippen molar-refractivity contribution >= 4 is 6.09 Å². The molecule has 0 aliphatic carbocycles. The van der Waals surface area contributed by atoms with Crippen molar-refractivity contribution in [3.05, 3.63) is 35.9 Å². The van der Waals surface area contributed by atoms with Gasteiger partial charge in [-0.15, -0.1) is 0 Å². The molecule has 106 valence electrons.